The summed E-state index contributed by atoms with van der Waals surface area (Å²) < 4.78 is 0. The number of halogens is 3. The van der Waals surface area contributed by atoms with Gasteiger partial charge in [-0.15, -0.1) is 0 Å². The molecule has 0 aliphatic heterocycles. The summed E-state index contributed by atoms with van der Waals surface area (Å²) in [5, 5.41) is 1.58. The number of hydrogen-bond acceptors (Lipinski definition) is 2. The van der Waals surface area contributed by atoms with Gasteiger partial charge in [0.25, 0.3) is 0 Å². The molecule has 0 saturated carbocycles. The van der Waals surface area contributed by atoms with Crippen LogP contribution in [0.2, 0.25) is 15.2 Å². The molecule has 0 spiro atoms. The lowest BCUT2D eigenvalue weighted by Crippen LogP contribution is -1.97. The van der Waals surface area contributed by atoms with E-state index in [0.29, 0.717) is 21.0 Å². The van der Waals surface area contributed by atoms with Crippen LogP contribution in [0.5, 0.6) is 0 Å². The van der Waals surface area contributed by atoms with Crippen molar-refractivity contribution in [2.24, 2.45) is 0 Å². The van der Waals surface area contributed by atoms with Gasteiger partial charge in [-0.1, -0.05) is 34.8 Å². The van der Waals surface area contributed by atoms with Gasteiger partial charge < -0.3 is 0 Å². The average molecular weight is 288 g/mol. The van der Waals surface area contributed by atoms with Crippen LogP contribution in [0.4, 0.5) is 0 Å². The van der Waals surface area contributed by atoms with Gasteiger partial charge in [-0.2, -0.15) is 0 Å². The zero-order valence-electron chi connectivity index (χ0n) is 9.26. The summed E-state index contributed by atoms with van der Waals surface area (Å²) in [6.07, 6.45) is 0. The second-order valence-electron chi connectivity index (χ2n) is 3.66. The highest BCUT2D eigenvalue weighted by atomic mass is 35.5. The molecule has 0 amide bonds. The normalized spacial score (nSPS) is 10.6. The van der Waals surface area contributed by atoms with Crippen LogP contribution in [0, 0.1) is 13.8 Å². The van der Waals surface area contributed by atoms with Crippen LogP contribution in [-0.4, -0.2) is 9.97 Å². The maximum atomic E-state index is 6.15. The largest absolute Gasteiger partial charge is 0.233 e. The minimum absolute atomic E-state index is 0.443. The fraction of sp³-hybridized carbons (Fsp3) is 0.167. The highest BCUT2D eigenvalue weighted by molar-refractivity contribution is 6.36. The van der Waals surface area contributed by atoms with E-state index in [1.807, 2.05) is 13.0 Å². The van der Waals surface area contributed by atoms with E-state index >= 15 is 0 Å². The van der Waals surface area contributed by atoms with E-state index in [1.54, 1.807) is 19.1 Å². The quantitative estimate of drug-likeness (QED) is 0.709. The molecule has 88 valence electrons. The molecule has 0 aliphatic carbocycles. The molecule has 0 aliphatic rings. The molecule has 0 bridgehead atoms. The molecule has 0 saturated heterocycles. The van der Waals surface area contributed by atoms with Gasteiger partial charge in [-0.25, -0.2) is 9.97 Å². The Morgan fingerprint density at radius 2 is 1.71 bits per heavy atom. The first kappa shape index (κ1) is 12.6. The second kappa shape index (κ2) is 4.81. The molecule has 1 aromatic heterocycles. The van der Waals surface area contributed by atoms with Crippen molar-refractivity contribution in [1.82, 2.24) is 9.97 Å². The van der Waals surface area contributed by atoms with Crippen molar-refractivity contribution < 1.29 is 0 Å². The molecule has 0 atom stereocenters. The third-order valence-electron chi connectivity index (χ3n) is 2.38. The van der Waals surface area contributed by atoms with Gasteiger partial charge >= 0.3 is 0 Å². The van der Waals surface area contributed by atoms with Crippen LogP contribution in [0.1, 0.15) is 11.4 Å². The summed E-state index contributed by atoms with van der Waals surface area (Å²) in [5.41, 5.74) is 2.35. The van der Waals surface area contributed by atoms with Crippen LogP contribution < -0.4 is 0 Å². The number of benzene rings is 1. The van der Waals surface area contributed by atoms with Gasteiger partial charge in [-0.3, -0.25) is 0 Å². The van der Waals surface area contributed by atoms with Gasteiger partial charge in [-0.05, 0) is 32.0 Å². The fourth-order valence-electron chi connectivity index (χ4n) is 1.54. The Hall–Kier alpha value is -0.830. The Morgan fingerprint density at radius 3 is 2.35 bits per heavy atom. The van der Waals surface area contributed by atoms with Crippen molar-refractivity contribution in [3.8, 4) is 11.3 Å². The first-order valence-corrected chi connectivity index (χ1v) is 6.08. The predicted molar refractivity (Wildman–Crippen MR) is 72.0 cm³/mol. The Labute approximate surface area is 115 Å². The van der Waals surface area contributed by atoms with Crippen LogP contribution in [-0.2, 0) is 0 Å². The van der Waals surface area contributed by atoms with Crippen molar-refractivity contribution in [3.63, 3.8) is 0 Å². The fourth-order valence-corrected chi connectivity index (χ4v) is 2.25. The summed E-state index contributed by atoms with van der Waals surface area (Å²) in [6.45, 7) is 3.65. The lowest BCUT2D eigenvalue weighted by Gasteiger charge is -2.09. The van der Waals surface area contributed by atoms with Crippen LogP contribution >= 0.6 is 34.8 Å². The molecule has 0 radical (unpaired) electrons. The Morgan fingerprint density at radius 1 is 1.00 bits per heavy atom. The van der Waals surface area contributed by atoms with Crippen molar-refractivity contribution >= 4 is 34.8 Å². The van der Waals surface area contributed by atoms with E-state index in [4.69, 9.17) is 34.8 Å². The maximum Gasteiger partial charge on any atom is 0.136 e. The van der Waals surface area contributed by atoms with Gasteiger partial charge in [0, 0.05) is 16.1 Å². The molecule has 1 heterocycles. The molecule has 5 heteroatoms. The molecular weight excluding hydrogens is 279 g/mol. The Kier molecular flexibility index (Phi) is 3.57. The molecule has 0 fully saturated rings. The number of aryl methyl sites for hydroxylation is 1. The molecule has 17 heavy (non-hydrogen) atoms. The van der Waals surface area contributed by atoms with Gasteiger partial charge in [0.1, 0.15) is 11.0 Å². The summed E-state index contributed by atoms with van der Waals surface area (Å²) in [7, 11) is 0. The molecule has 0 unspecified atom stereocenters. The number of hydrogen-bond donors (Lipinski definition) is 0. The van der Waals surface area contributed by atoms with Gasteiger partial charge in [0.15, 0.2) is 0 Å². The highest BCUT2D eigenvalue weighted by Crippen LogP contribution is 2.32. The van der Waals surface area contributed by atoms with E-state index in [9.17, 15) is 0 Å². The summed E-state index contributed by atoms with van der Waals surface area (Å²) in [5.74, 6) is 0.613. The summed E-state index contributed by atoms with van der Waals surface area (Å²) >= 11 is 18.0. The number of nitrogens with zero attached hydrogens (tertiary/aromatic N) is 2. The lowest BCUT2D eigenvalue weighted by molar-refractivity contribution is 1.04. The molecule has 1 aromatic carbocycles. The van der Waals surface area contributed by atoms with Gasteiger partial charge in [0.2, 0.25) is 0 Å². The highest BCUT2D eigenvalue weighted by Gasteiger charge is 2.12. The van der Waals surface area contributed by atoms with Crippen molar-refractivity contribution in [3.05, 3.63) is 44.8 Å². The molecule has 2 nitrogen and oxygen atoms in total. The average Bonchev–Trinajstić information content (AvgIpc) is 2.24. The smallest absolute Gasteiger partial charge is 0.136 e. The zero-order chi connectivity index (χ0) is 12.6. The van der Waals surface area contributed by atoms with Gasteiger partial charge in [0.05, 0.1) is 10.7 Å². The minimum Gasteiger partial charge on any atom is -0.233 e. The topological polar surface area (TPSA) is 25.8 Å². The van der Waals surface area contributed by atoms with Crippen LogP contribution in [0.25, 0.3) is 11.3 Å². The molecular formula is C12H9Cl3N2. The summed E-state index contributed by atoms with van der Waals surface area (Å²) in [6, 6.07) is 5.28. The maximum absolute atomic E-state index is 6.15. The second-order valence-corrected chi connectivity index (χ2v) is 4.86. The zero-order valence-corrected chi connectivity index (χ0v) is 11.5. The van der Waals surface area contributed by atoms with E-state index in [2.05, 4.69) is 9.97 Å². The third kappa shape index (κ3) is 2.54. The van der Waals surface area contributed by atoms with Crippen molar-refractivity contribution in [2.45, 2.75) is 13.8 Å². The Bertz CT molecular complexity index is 582. The van der Waals surface area contributed by atoms with Crippen LogP contribution in [0.3, 0.4) is 0 Å². The molecule has 2 aromatic rings. The van der Waals surface area contributed by atoms with Crippen molar-refractivity contribution in [1.29, 1.82) is 0 Å². The van der Waals surface area contributed by atoms with E-state index in [-0.39, 0.29) is 0 Å². The van der Waals surface area contributed by atoms with E-state index in [1.165, 1.54) is 0 Å². The first-order valence-electron chi connectivity index (χ1n) is 4.95. The number of rotatable bonds is 1. The third-order valence-corrected chi connectivity index (χ3v) is 3.30. The SMILES string of the molecule is Cc1nc(Cl)c(C)c(-c2ccc(Cl)cc2Cl)n1. The molecule has 0 N–H and O–H groups in total. The van der Waals surface area contributed by atoms with Crippen molar-refractivity contribution in [2.75, 3.05) is 0 Å². The van der Waals surface area contributed by atoms with Crippen LogP contribution in [0.15, 0.2) is 18.2 Å². The standard InChI is InChI=1S/C12H9Cl3N2/c1-6-11(16-7(2)17-12(6)15)9-4-3-8(13)5-10(9)14/h3-5H,1-2H3. The van der Waals surface area contributed by atoms with E-state index in [0.717, 1.165) is 16.8 Å². The Balaban J connectivity index is 2.68. The lowest BCUT2D eigenvalue weighted by atomic mass is 10.1. The number of aromatic nitrogens is 2. The predicted octanol–water partition coefficient (Wildman–Crippen LogP) is 4.72. The summed E-state index contributed by atoms with van der Waals surface area (Å²) in [4.78, 5) is 8.46. The minimum atomic E-state index is 0.443. The first-order chi connectivity index (χ1) is 7.99. The monoisotopic (exact) mass is 286 g/mol. The van der Waals surface area contributed by atoms with E-state index < -0.39 is 0 Å². The molecule has 2 rings (SSSR count).